The topological polar surface area (TPSA) is 109 Å². The third kappa shape index (κ3) is 3.71. The Kier molecular flexibility index (Phi) is 5.23. The number of nitrogens with one attached hydrogen (secondary N) is 2. The number of aromatic amines is 1. The molecule has 3 aromatic heterocycles. The van der Waals surface area contributed by atoms with Crippen molar-refractivity contribution in [3.63, 3.8) is 0 Å². The molecular weight excluding hydrogens is 474 g/mol. The average Bonchev–Trinajstić information content (AvgIpc) is 3.40. The normalized spacial score (nSPS) is 14.4. The lowest BCUT2D eigenvalue weighted by molar-refractivity contribution is 0.122. The van der Waals surface area contributed by atoms with E-state index in [1.807, 2.05) is 24.3 Å². The first-order chi connectivity index (χ1) is 14.7. The van der Waals surface area contributed by atoms with E-state index in [4.69, 9.17) is 16.3 Å². The van der Waals surface area contributed by atoms with Gasteiger partial charge in [-0.15, -0.1) is 0 Å². The molecule has 12 heteroatoms. The van der Waals surface area contributed by atoms with E-state index in [2.05, 4.69) is 56.4 Å². The number of aromatic nitrogens is 7. The van der Waals surface area contributed by atoms with Crippen molar-refractivity contribution >= 4 is 45.1 Å². The largest absolute Gasteiger partial charge is 0.378 e. The van der Waals surface area contributed by atoms with Gasteiger partial charge in [-0.25, -0.2) is 4.98 Å². The van der Waals surface area contributed by atoms with Crippen molar-refractivity contribution in [2.45, 2.75) is 6.54 Å². The zero-order valence-electron chi connectivity index (χ0n) is 15.7. The van der Waals surface area contributed by atoms with Crippen molar-refractivity contribution < 1.29 is 4.74 Å². The standard InChI is InChI=1S/C18H17BrClN9O/c19-12-9-22-29-16(12)24-18(28-5-7-30-8-6-28)25-17(29)21-10-14-23-15(27-26-14)11-3-1-2-4-13(11)20/h1-4,9H,5-8,10H2,(H,21,24,25)(H,23,26,27). The zero-order chi connectivity index (χ0) is 20.5. The van der Waals surface area contributed by atoms with E-state index >= 15 is 0 Å². The Morgan fingerprint density at radius 1 is 1.17 bits per heavy atom. The van der Waals surface area contributed by atoms with Gasteiger partial charge in [-0.2, -0.15) is 24.7 Å². The predicted molar refractivity (Wildman–Crippen MR) is 116 cm³/mol. The Hall–Kier alpha value is -2.76. The number of morpholine rings is 1. The fourth-order valence-corrected chi connectivity index (χ4v) is 3.73. The summed E-state index contributed by atoms with van der Waals surface area (Å²) in [6.07, 6.45) is 1.70. The summed E-state index contributed by atoms with van der Waals surface area (Å²) < 4.78 is 7.88. The molecule has 154 valence electrons. The van der Waals surface area contributed by atoms with E-state index in [-0.39, 0.29) is 0 Å². The summed E-state index contributed by atoms with van der Waals surface area (Å²) in [4.78, 5) is 16.0. The Morgan fingerprint density at radius 3 is 2.83 bits per heavy atom. The Labute approximate surface area is 184 Å². The summed E-state index contributed by atoms with van der Waals surface area (Å²) in [6.45, 7) is 3.17. The first-order valence-corrected chi connectivity index (χ1v) is 10.5. The molecule has 0 saturated carbocycles. The highest BCUT2D eigenvalue weighted by atomic mass is 79.9. The van der Waals surface area contributed by atoms with Crippen LogP contribution in [-0.2, 0) is 11.3 Å². The highest BCUT2D eigenvalue weighted by Gasteiger charge is 2.19. The van der Waals surface area contributed by atoms with Crippen molar-refractivity contribution in [3.05, 3.63) is 45.8 Å². The molecule has 1 aromatic carbocycles. The van der Waals surface area contributed by atoms with E-state index in [0.29, 0.717) is 54.0 Å². The summed E-state index contributed by atoms with van der Waals surface area (Å²) in [6, 6.07) is 7.46. The number of anilines is 2. The van der Waals surface area contributed by atoms with Gasteiger partial charge in [0.2, 0.25) is 11.9 Å². The Balaban J connectivity index is 1.41. The quantitative estimate of drug-likeness (QED) is 0.440. The third-order valence-corrected chi connectivity index (χ3v) is 5.56. The molecule has 4 heterocycles. The van der Waals surface area contributed by atoms with Gasteiger partial charge in [0, 0.05) is 18.7 Å². The van der Waals surface area contributed by atoms with Gasteiger partial charge < -0.3 is 15.0 Å². The third-order valence-electron chi connectivity index (χ3n) is 4.67. The van der Waals surface area contributed by atoms with Gasteiger partial charge in [-0.1, -0.05) is 23.7 Å². The number of rotatable bonds is 5. The minimum Gasteiger partial charge on any atom is -0.378 e. The molecule has 0 radical (unpaired) electrons. The first kappa shape index (κ1) is 19.2. The van der Waals surface area contributed by atoms with Gasteiger partial charge in [0.05, 0.1) is 35.5 Å². The molecule has 0 unspecified atom stereocenters. The minimum atomic E-state index is 0.379. The van der Waals surface area contributed by atoms with Crippen molar-refractivity contribution in [1.82, 2.24) is 34.8 Å². The molecule has 0 atom stereocenters. The maximum atomic E-state index is 6.24. The number of fused-ring (bicyclic) bond motifs is 1. The number of ether oxygens (including phenoxy) is 1. The van der Waals surface area contributed by atoms with Gasteiger partial charge in [0.1, 0.15) is 5.82 Å². The summed E-state index contributed by atoms with van der Waals surface area (Å²) >= 11 is 9.75. The fourth-order valence-electron chi connectivity index (χ4n) is 3.16. The molecule has 2 N–H and O–H groups in total. The maximum Gasteiger partial charge on any atom is 0.230 e. The summed E-state index contributed by atoms with van der Waals surface area (Å²) in [5.41, 5.74) is 1.46. The molecule has 0 aliphatic carbocycles. The lowest BCUT2D eigenvalue weighted by Crippen LogP contribution is -2.37. The van der Waals surface area contributed by atoms with Crippen LogP contribution in [0.4, 0.5) is 11.9 Å². The van der Waals surface area contributed by atoms with Crippen LogP contribution >= 0.6 is 27.5 Å². The number of hydrogen-bond donors (Lipinski definition) is 2. The average molecular weight is 491 g/mol. The number of nitrogens with zero attached hydrogens (tertiary/aromatic N) is 7. The van der Waals surface area contributed by atoms with Crippen molar-refractivity contribution in [3.8, 4) is 11.4 Å². The lowest BCUT2D eigenvalue weighted by Gasteiger charge is -2.27. The van der Waals surface area contributed by atoms with Crippen LogP contribution in [0.3, 0.4) is 0 Å². The van der Waals surface area contributed by atoms with Crippen LogP contribution in [0.25, 0.3) is 17.0 Å². The number of hydrogen-bond acceptors (Lipinski definition) is 8. The van der Waals surface area contributed by atoms with E-state index in [9.17, 15) is 0 Å². The molecule has 0 spiro atoms. The van der Waals surface area contributed by atoms with E-state index in [1.54, 1.807) is 10.7 Å². The smallest absolute Gasteiger partial charge is 0.230 e. The summed E-state index contributed by atoms with van der Waals surface area (Å²) in [5.74, 6) is 2.38. The lowest BCUT2D eigenvalue weighted by atomic mass is 10.2. The van der Waals surface area contributed by atoms with Crippen LogP contribution < -0.4 is 10.2 Å². The van der Waals surface area contributed by atoms with Gasteiger partial charge in [-0.05, 0) is 28.1 Å². The molecule has 1 saturated heterocycles. The summed E-state index contributed by atoms with van der Waals surface area (Å²) in [7, 11) is 0. The SMILES string of the molecule is Clc1ccccc1-c1n[nH]c(CNc2nc(N3CCOCC3)nc3c(Br)cnn23)n1. The van der Waals surface area contributed by atoms with E-state index in [0.717, 1.165) is 23.1 Å². The van der Waals surface area contributed by atoms with Crippen LogP contribution in [0.2, 0.25) is 5.02 Å². The maximum absolute atomic E-state index is 6.24. The fraction of sp³-hybridized carbons (Fsp3) is 0.278. The molecular formula is C18H17BrClN9O. The van der Waals surface area contributed by atoms with Crippen LogP contribution in [0, 0.1) is 0 Å². The first-order valence-electron chi connectivity index (χ1n) is 9.33. The highest BCUT2D eigenvalue weighted by Crippen LogP contribution is 2.25. The van der Waals surface area contributed by atoms with Crippen LogP contribution in [-0.4, -0.2) is 61.1 Å². The summed E-state index contributed by atoms with van der Waals surface area (Å²) in [5, 5.41) is 15.5. The van der Waals surface area contributed by atoms with E-state index < -0.39 is 0 Å². The predicted octanol–water partition coefficient (Wildman–Crippen LogP) is 2.77. The van der Waals surface area contributed by atoms with Gasteiger partial charge >= 0.3 is 0 Å². The number of H-pyrrole nitrogens is 1. The Morgan fingerprint density at radius 2 is 2.00 bits per heavy atom. The molecule has 10 nitrogen and oxygen atoms in total. The highest BCUT2D eigenvalue weighted by molar-refractivity contribution is 9.10. The molecule has 4 aromatic rings. The molecule has 0 amide bonds. The molecule has 5 rings (SSSR count). The molecule has 0 bridgehead atoms. The van der Waals surface area contributed by atoms with Gasteiger partial charge in [0.15, 0.2) is 11.5 Å². The second-order valence-electron chi connectivity index (χ2n) is 6.61. The Bertz CT molecular complexity index is 1190. The van der Waals surface area contributed by atoms with Crippen molar-refractivity contribution in [1.29, 1.82) is 0 Å². The molecule has 1 aliphatic rings. The second-order valence-corrected chi connectivity index (χ2v) is 7.88. The van der Waals surface area contributed by atoms with Crippen molar-refractivity contribution in [2.75, 3.05) is 36.5 Å². The van der Waals surface area contributed by atoms with E-state index in [1.165, 1.54) is 0 Å². The molecule has 1 fully saturated rings. The van der Waals surface area contributed by atoms with Gasteiger partial charge in [0.25, 0.3) is 0 Å². The molecule has 1 aliphatic heterocycles. The second kappa shape index (κ2) is 8.17. The van der Waals surface area contributed by atoms with Crippen LogP contribution in [0.5, 0.6) is 0 Å². The minimum absolute atomic E-state index is 0.379. The van der Waals surface area contributed by atoms with Crippen molar-refractivity contribution in [2.24, 2.45) is 0 Å². The van der Waals surface area contributed by atoms with Crippen LogP contribution in [0.1, 0.15) is 5.82 Å². The number of halogens is 2. The van der Waals surface area contributed by atoms with Crippen LogP contribution in [0.15, 0.2) is 34.9 Å². The zero-order valence-corrected chi connectivity index (χ0v) is 18.1. The molecule has 30 heavy (non-hydrogen) atoms. The van der Waals surface area contributed by atoms with Gasteiger partial charge in [-0.3, -0.25) is 5.10 Å². The monoisotopic (exact) mass is 489 g/mol. The number of benzene rings is 1.